The molecule has 4 nitrogen and oxygen atoms in total. The van der Waals surface area contributed by atoms with Crippen LogP contribution in [0.3, 0.4) is 0 Å². The Hall–Kier alpha value is -0.770. The largest absolute Gasteiger partial charge is 0.450 e. The van der Waals surface area contributed by atoms with Gasteiger partial charge in [-0.1, -0.05) is 13.8 Å². The minimum absolute atomic E-state index is 0.189. The van der Waals surface area contributed by atoms with Gasteiger partial charge >= 0.3 is 6.09 Å². The lowest BCUT2D eigenvalue weighted by atomic mass is 10.2. The third-order valence-electron chi connectivity index (χ3n) is 2.65. The molecule has 0 aliphatic heterocycles. The van der Waals surface area contributed by atoms with Gasteiger partial charge in [0.25, 0.3) is 0 Å². The van der Waals surface area contributed by atoms with E-state index >= 15 is 0 Å². The summed E-state index contributed by atoms with van der Waals surface area (Å²) >= 11 is 0. The quantitative estimate of drug-likeness (QED) is 0.695. The first kappa shape index (κ1) is 15.2. The number of nitrogens with one attached hydrogen (secondary N) is 1. The summed E-state index contributed by atoms with van der Waals surface area (Å²) in [5.74, 6) is 0. The van der Waals surface area contributed by atoms with Crippen molar-refractivity contribution in [2.24, 2.45) is 0 Å². The van der Waals surface area contributed by atoms with Gasteiger partial charge in [-0.05, 0) is 46.3 Å². The second kappa shape index (κ2) is 9.46. The predicted octanol–water partition coefficient (Wildman–Crippen LogP) is 2.24. The van der Waals surface area contributed by atoms with Crippen molar-refractivity contribution in [1.29, 1.82) is 0 Å². The molecule has 0 aromatic carbocycles. The number of hydrogen-bond acceptors (Lipinski definition) is 3. The Kier molecular flexibility index (Phi) is 9.00. The van der Waals surface area contributed by atoms with Crippen LogP contribution in [0.5, 0.6) is 0 Å². The second-order valence-electron chi connectivity index (χ2n) is 3.93. The van der Waals surface area contributed by atoms with E-state index in [2.05, 4.69) is 24.1 Å². The van der Waals surface area contributed by atoms with E-state index in [0.717, 1.165) is 32.5 Å². The number of hydrogen-bond donors (Lipinski definition) is 1. The van der Waals surface area contributed by atoms with Gasteiger partial charge < -0.3 is 15.0 Å². The van der Waals surface area contributed by atoms with Crippen molar-refractivity contribution in [2.75, 3.05) is 26.2 Å². The first-order valence-electron chi connectivity index (χ1n) is 6.29. The number of rotatable bonds is 8. The molecule has 0 unspecified atom stereocenters. The summed E-state index contributed by atoms with van der Waals surface area (Å²) in [5, 5.41) is 2.81. The molecule has 0 fully saturated rings. The van der Waals surface area contributed by atoms with Gasteiger partial charge in [-0.3, -0.25) is 0 Å². The van der Waals surface area contributed by atoms with Crippen LogP contribution in [-0.4, -0.2) is 43.3 Å². The molecular weight excluding hydrogens is 204 g/mol. The molecular formula is C12H26N2O2. The van der Waals surface area contributed by atoms with E-state index in [4.69, 9.17) is 4.74 Å². The molecule has 0 bridgehead atoms. The smallest absolute Gasteiger partial charge is 0.407 e. The highest BCUT2D eigenvalue weighted by Gasteiger charge is 2.07. The molecule has 96 valence electrons. The number of alkyl carbamates (subject to hydrolysis) is 1. The standard InChI is InChI=1S/C12H26N2O2/c1-5-14(6-2)10-8-9-11(4)13-12(15)16-7-3/h11H,5-10H2,1-4H3,(H,13,15)/t11-/m1/s1. The number of amides is 1. The zero-order valence-corrected chi connectivity index (χ0v) is 11.1. The molecule has 4 heteroatoms. The monoisotopic (exact) mass is 230 g/mol. The van der Waals surface area contributed by atoms with Crippen molar-refractivity contribution in [2.45, 2.75) is 46.6 Å². The van der Waals surface area contributed by atoms with Crippen LogP contribution in [0.4, 0.5) is 4.79 Å². The summed E-state index contributed by atoms with van der Waals surface area (Å²) in [7, 11) is 0. The molecule has 0 aromatic rings. The summed E-state index contributed by atoms with van der Waals surface area (Å²) in [4.78, 5) is 13.5. The molecule has 0 spiro atoms. The molecule has 1 atom stereocenters. The van der Waals surface area contributed by atoms with Gasteiger partial charge in [0.05, 0.1) is 6.61 Å². The maximum atomic E-state index is 11.1. The maximum absolute atomic E-state index is 11.1. The van der Waals surface area contributed by atoms with E-state index in [-0.39, 0.29) is 12.1 Å². The second-order valence-corrected chi connectivity index (χ2v) is 3.93. The van der Waals surface area contributed by atoms with Crippen molar-refractivity contribution in [3.63, 3.8) is 0 Å². The highest BCUT2D eigenvalue weighted by atomic mass is 16.5. The van der Waals surface area contributed by atoms with Crippen molar-refractivity contribution in [3.8, 4) is 0 Å². The molecule has 0 aromatic heterocycles. The van der Waals surface area contributed by atoms with E-state index in [1.165, 1.54) is 0 Å². The van der Waals surface area contributed by atoms with Crippen molar-refractivity contribution in [3.05, 3.63) is 0 Å². The van der Waals surface area contributed by atoms with Gasteiger partial charge in [-0.25, -0.2) is 4.79 Å². The molecule has 0 aliphatic carbocycles. The first-order valence-corrected chi connectivity index (χ1v) is 6.29. The van der Waals surface area contributed by atoms with Crippen LogP contribution >= 0.6 is 0 Å². The predicted molar refractivity (Wildman–Crippen MR) is 66.6 cm³/mol. The van der Waals surface area contributed by atoms with Crippen LogP contribution in [0.2, 0.25) is 0 Å². The van der Waals surface area contributed by atoms with Crippen LogP contribution < -0.4 is 5.32 Å². The lowest BCUT2D eigenvalue weighted by Crippen LogP contribution is -2.34. The fourth-order valence-electron chi connectivity index (χ4n) is 1.61. The average Bonchev–Trinajstić information content (AvgIpc) is 2.24. The number of ether oxygens (including phenoxy) is 1. The molecule has 1 N–H and O–H groups in total. The normalized spacial score (nSPS) is 12.6. The Bertz CT molecular complexity index is 182. The van der Waals surface area contributed by atoms with E-state index in [1.54, 1.807) is 0 Å². The Morgan fingerprint density at radius 3 is 2.44 bits per heavy atom. The van der Waals surface area contributed by atoms with Crippen molar-refractivity contribution in [1.82, 2.24) is 10.2 Å². The Morgan fingerprint density at radius 1 is 1.31 bits per heavy atom. The van der Waals surface area contributed by atoms with E-state index in [0.29, 0.717) is 6.61 Å². The maximum Gasteiger partial charge on any atom is 0.407 e. The number of carbonyl (C=O) groups excluding carboxylic acids is 1. The average molecular weight is 230 g/mol. The van der Waals surface area contributed by atoms with Crippen LogP contribution in [0, 0.1) is 0 Å². The molecule has 0 aliphatic rings. The van der Waals surface area contributed by atoms with Crippen LogP contribution in [-0.2, 0) is 4.74 Å². The summed E-state index contributed by atoms with van der Waals surface area (Å²) < 4.78 is 4.82. The molecule has 1 amide bonds. The minimum Gasteiger partial charge on any atom is -0.450 e. The van der Waals surface area contributed by atoms with Crippen LogP contribution in [0.15, 0.2) is 0 Å². The van der Waals surface area contributed by atoms with Gasteiger partial charge in [0.2, 0.25) is 0 Å². The molecule has 0 heterocycles. The third-order valence-corrected chi connectivity index (χ3v) is 2.65. The van der Waals surface area contributed by atoms with Crippen LogP contribution in [0.1, 0.15) is 40.5 Å². The molecule has 0 radical (unpaired) electrons. The fraction of sp³-hybridized carbons (Fsp3) is 0.917. The summed E-state index contributed by atoms with van der Waals surface area (Å²) in [6.07, 6.45) is 1.79. The van der Waals surface area contributed by atoms with Gasteiger partial charge in [0.1, 0.15) is 0 Å². The molecule has 0 saturated carbocycles. The third kappa shape index (κ3) is 7.51. The van der Waals surface area contributed by atoms with Crippen molar-refractivity contribution < 1.29 is 9.53 Å². The zero-order valence-electron chi connectivity index (χ0n) is 11.1. The Labute approximate surface area is 99.3 Å². The van der Waals surface area contributed by atoms with Crippen molar-refractivity contribution >= 4 is 6.09 Å². The minimum atomic E-state index is -0.308. The van der Waals surface area contributed by atoms with E-state index in [1.807, 2.05) is 13.8 Å². The zero-order chi connectivity index (χ0) is 12.4. The number of nitrogens with zero attached hydrogens (tertiary/aromatic N) is 1. The topological polar surface area (TPSA) is 41.6 Å². The van der Waals surface area contributed by atoms with Gasteiger partial charge in [-0.15, -0.1) is 0 Å². The molecule has 0 rings (SSSR count). The first-order chi connectivity index (χ1) is 7.63. The lowest BCUT2D eigenvalue weighted by Gasteiger charge is -2.19. The highest BCUT2D eigenvalue weighted by molar-refractivity contribution is 5.67. The SMILES string of the molecule is CCOC(=O)N[C@H](C)CCCN(CC)CC. The molecule has 16 heavy (non-hydrogen) atoms. The summed E-state index contributed by atoms with van der Waals surface area (Å²) in [5.41, 5.74) is 0. The molecule has 0 saturated heterocycles. The summed E-state index contributed by atoms with van der Waals surface area (Å²) in [6, 6.07) is 0.189. The van der Waals surface area contributed by atoms with E-state index < -0.39 is 0 Å². The highest BCUT2D eigenvalue weighted by Crippen LogP contribution is 1.99. The van der Waals surface area contributed by atoms with Crippen LogP contribution in [0.25, 0.3) is 0 Å². The Balaban J connectivity index is 3.56. The Morgan fingerprint density at radius 2 is 1.94 bits per heavy atom. The van der Waals surface area contributed by atoms with Gasteiger partial charge in [0.15, 0.2) is 0 Å². The lowest BCUT2D eigenvalue weighted by molar-refractivity contribution is 0.148. The summed E-state index contributed by atoms with van der Waals surface area (Å²) in [6.45, 7) is 11.9. The fourth-order valence-corrected chi connectivity index (χ4v) is 1.61. The number of carbonyl (C=O) groups is 1. The van der Waals surface area contributed by atoms with Gasteiger partial charge in [-0.2, -0.15) is 0 Å². The van der Waals surface area contributed by atoms with E-state index in [9.17, 15) is 4.79 Å². The van der Waals surface area contributed by atoms with Gasteiger partial charge in [0, 0.05) is 6.04 Å².